The summed E-state index contributed by atoms with van der Waals surface area (Å²) in [5.41, 5.74) is -1.21. The van der Waals surface area contributed by atoms with Crippen LogP contribution in [0.3, 0.4) is 0 Å². The number of hydrogen-bond donors (Lipinski definition) is 0. The van der Waals surface area contributed by atoms with Gasteiger partial charge in [0.1, 0.15) is 0 Å². The standard InChI is InChI=1S/C10H7ClF3N3O2S/c1-17-8(15-16-9(17)20(11,18)19)6-4-2-3-5-7(6)10(12,13)14/h2-5H,1H3. The summed E-state index contributed by atoms with van der Waals surface area (Å²) in [5.74, 6) is -0.239. The summed E-state index contributed by atoms with van der Waals surface area (Å²) < 4.78 is 62.0. The molecule has 0 amide bonds. The van der Waals surface area contributed by atoms with Gasteiger partial charge in [0.25, 0.3) is 14.2 Å². The highest BCUT2D eigenvalue weighted by molar-refractivity contribution is 8.13. The normalized spacial score (nSPS) is 12.7. The Morgan fingerprint density at radius 2 is 1.80 bits per heavy atom. The fourth-order valence-corrected chi connectivity index (χ4v) is 2.64. The Labute approximate surface area is 116 Å². The van der Waals surface area contributed by atoms with Crippen molar-refractivity contribution in [3.8, 4) is 11.4 Å². The van der Waals surface area contributed by atoms with E-state index in [1.54, 1.807) is 0 Å². The molecule has 2 rings (SSSR count). The van der Waals surface area contributed by atoms with Crippen LogP contribution < -0.4 is 0 Å². The molecule has 20 heavy (non-hydrogen) atoms. The van der Waals surface area contributed by atoms with Crippen LogP contribution >= 0.6 is 10.7 Å². The van der Waals surface area contributed by atoms with Gasteiger partial charge in [0.2, 0.25) is 0 Å². The highest BCUT2D eigenvalue weighted by Gasteiger charge is 2.35. The van der Waals surface area contributed by atoms with Crippen molar-refractivity contribution >= 4 is 19.7 Å². The zero-order valence-electron chi connectivity index (χ0n) is 9.89. The molecule has 10 heteroatoms. The number of rotatable bonds is 2. The Bertz CT molecular complexity index is 755. The van der Waals surface area contributed by atoms with Crippen LogP contribution in [-0.4, -0.2) is 23.2 Å². The van der Waals surface area contributed by atoms with E-state index in [2.05, 4.69) is 10.2 Å². The minimum Gasteiger partial charge on any atom is -0.300 e. The van der Waals surface area contributed by atoms with Gasteiger partial charge in [-0.25, -0.2) is 8.42 Å². The monoisotopic (exact) mass is 325 g/mol. The van der Waals surface area contributed by atoms with Crippen LogP contribution in [-0.2, 0) is 22.3 Å². The van der Waals surface area contributed by atoms with Crippen molar-refractivity contribution in [2.75, 3.05) is 0 Å². The zero-order chi connectivity index (χ0) is 15.1. The molecule has 0 aliphatic rings. The fourth-order valence-electron chi connectivity index (χ4n) is 1.69. The van der Waals surface area contributed by atoms with Gasteiger partial charge in [-0.2, -0.15) is 13.2 Å². The quantitative estimate of drug-likeness (QED) is 0.795. The van der Waals surface area contributed by atoms with Crippen LogP contribution in [0.5, 0.6) is 0 Å². The molecule has 0 saturated carbocycles. The first-order valence-corrected chi connectivity index (χ1v) is 7.44. The molecule has 0 atom stereocenters. The van der Waals surface area contributed by atoms with Crippen LogP contribution in [0, 0.1) is 0 Å². The molecular weight excluding hydrogens is 319 g/mol. The maximum Gasteiger partial charge on any atom is 0.417 e. The summed E-state index contributed by atoms with van der Waals surface area (Å²) in [6, 6.07) is 4.66. The molecule has 2 aromatic rings. The van der Waals surface area contributed by atoms with Gasteiger partial charge in [0, 0.05) is 23.3 Å². The van der Waals surface area contributed by atoms with Crippen molar-refractivity contribution < 1.29 is 21.6 Å². The molecule has 1 aromatic carbocycles. The number of hydrogen-bond acceptors (Lipinski definition) is 4. The van der Waals surface area contributed by atoms with E-state index in [0.717, 1.165) is 10.6 Å². The van der Waals surface area contributed by atoms with Crippen LogP contribution in [0.4, 0.5) is 13.2 Å². The summed E-state index contributed by atoms with van der Waals surface area (Å²) in [6.45, 7) is 0. The number of aromatic nitrogens is 3. The van der Waals surface area contributed by atoms with E-state index in [0.29, 0.717) is 0 Å². The Hall–Kier alpha value is -1.61. The van der Waals surface area contributed by atoms with Gasteiger partial charge in [-0.05, 0) is 6.07 Å². The third kappa shape index (κ3) is 2.63. The highest BCUT2D eigenvalue weighted by Crippen LogP contribution is 2.36. The topological polar surface area (TPSA) is 64.8 Å². The average molecular weight is 326 g/mol. The molecule has 0 aliphatic carbocycles. The van der Waals surface area contributed by atoms with Gasteiger partial charge in [0.15, 0.2) is 5.82 Å². The second-order valence-corrected chi connectivity index (χ2v) is 6.31. The minimum absolute atomic E-state index is 0.239. The molecule has 0 fully saturated rings. The third-order valence-electron chi connectivity index (χ3n) is 2.53. The van der Waals surface area contributed by atoms with Crippen molar-refractivity contribution in [1.82, 2.24) is 14.8 Å². The van der Waals surface area contributed by atoms with Gasteiger partial charge < -0.3 is 0 Å². The first kappa shape index (κ1) is 14.8. The van der Waals surface area contributed by atoms with Crippen molar-refractivity contribution in [2.45, 2.75) is 11.3 Å². The number of alkyl halides is 3. The molecule has 0 bridgehead atoms. The van der Waals surface area contributed by atoms with Crippen LogP contribution in [0.1, 0.15) is 5.56 Å². The van der Waals surface area contributed by atoms with E-state index >= 15 is 0 Å². The summed E-state index contributed by atoms with van der Waals surface area (Å²) in [6.07, 6.45) is -4.59. The second-order valence-electron chi connectivity index (χ2n) is 3.85. The number of nitrogens with zero attached hydrogens (tertiary/aromatic N) is 3. The van der Waals surface area contributed by atoms with Crippen molar-refractivity contribution in [2.24, 2.45) is 7.05 Å². The lowest BCUT2D eigenvalue weighted by molar-refractivity contribution is -0.137. The lowest BCUT2D eigenvalue weighted by atomic mass is 10.1. The molecule has 5 nitrogen and oxygen atoms in total. The third-order valence-corrected chi connectivity index (χ3v) is 3.73. The molecule has 0 N–H and O–H groups in total. The van der Waals surface area contributed by atoms with Crippen molar-refractivity contribution in [3.05, 3.63) is 29.8 Å². The molecule has 1 heterocycles. The summed E-state index contributed by atoms with van der Waals surface area (Å²) in [4.78, 5) is 0. The molecule has 0 saturated heterocycles. The Balaban J connectivity index is 2.69. The Kier molecular flexibility index (Phi) is 3.51. The molecule has 0 aliphatic heterocycles. The van der Waals surface area contributed by atoms with Gasteiger partial charge in [-0.1, -0.05) is 18.2 Å². The van der Waals surface area contributed by atoms with Crippen LogP contribution in [0.2, 0.25) is 0 Å². The Morgan fingerprint density at radius 3 is 2.30 bits per heavy atom. The van der Waals surface area contributed by atoms with E-state index in [4.69, 9.17) is 10.7 Å². The van der Waals surface area contributed by atoms with Crippen molar-refractivity contribution in [3.63, 3.8) is 0 Å². The molecule has 0 spiro atoms. The number of benzene rings is 1. The maximum absolute atomic E-state index is 12.9. The summed E-state index contributed by atoms with van der Waals surface area (Å²) in [7, 11) is 2.15. The molecule has 0 radical (unpaired) electrons. The first-order chi connectivity index (χ1) is 9.12. The van der Waals surface area contributed by atoms with E-state index in [1.807, 2.05) is 0 Å². The predicted molar refractivity (Wildman–Crippen MR) is 64.5 cm³/mol. The van der Waals surface area contributed by atoms with Gasteiger partial charge in [-0.3, -0.25) is 4.57 Å². The Morgan fingerprint density at radius 1 is 1.20 bits per heavy atom. The molecule has 0 unspecified atom stereocenters. The SMILES string of the molecule is Cn1c(-c2ccccc2C(F)(F)F)nnc1S(=O)(=O)Cl. The molecule has 108 valence electrons. The van der Waals surface area contributed by atoms with E-state index < -0.39 is 25.9 Å². The van der Waals surface area contributed by atoms with Gasteiger partial charge in [0.05, 0.1) is 5.56 Å². The predicted octanol–water partition coefficient (Wildman–Crippen LogP) is 2.43. The number of halogens is 4. The minimum atomic E-state index is -4.59. The fraction of sp³-hybridized carbons (Fsp3) is 0.200. The van der Waals surface area contributed by atoms with Gasteiger partial charge >= 0.3 is 6.18 Å². The average Bonchev–Trinajstić information content (AvgIpc) is 2.69. The van der Waals surface area contributed by atoms with Gasteiger partial charge in [-0.15, -0.1) is 10.2 Å². The summed E-state index contributed by atoms with van der Waals surface area (Å²) in [5, 5.41) is 6.17. The highest BCUT2D eigenvalue weighted by atomic mass is 35.7. The first-order valence-electron chi connectivity index (χ1n) is 5.13. The smallest absolute Gasteiger partial charge is 0.300 e. The van der Waals surface area contributed by atoms with Crippen molar-refractivity contribution in [1.29, 1.82) is 0 Å². The van der Waals surface area contributed by atoms with E-state index in [-0.39, 0.29) is 11.4 Å². The lowest BCUT2D eigenvalue weighted by Crippen LogP contribution is -2.09. The van der Waals surface area contributed by atoms with E-state index in [1.165, 1.54) is 25.2 Å². The molecule has 1 aromatic heterocycles. The summed E-state index contributed by atoms with van der Waals surface area (Å²) >= 11 is 0. The second kappa shape index (κ2) is 4.74. The van der Waals surface area contributed by atoms with Crippen LogP contribution in [0.25, 0.3) is 11.4 Å². The lowest BCUT2D eigenvalue weighted by Gasteiger charge is -2.11. The van der Waals surface area contributed by atoms with E-state index in [9.17, 15) is 21.6 Å². The zero-order valence-corrected chi connectivity index (χ0v) is 11.5. The largest absolute Gasteiger partial charge is 0.417 e. The molecular formula is C10H7ClF3N3O2S. The maximum atomic E-state index is 12.9. The van der Waals surface area contributed by atoms with Crippen LogP contribution in [0.15, 0.2) is 29.4 Å².